The van der Waals surface area contributed by atoms with Gasteiger partial charge in [0, 0.05) is 22.0 Å². The van der Waals surface area contributed by atoms with E-state index in [1.165, 1.54) is 12.1 Å². The molecule has 122 valence electrons. The average Bonchev–Trinajstić information content (AvgIpc) is 2.58. The van der Waals surface area contributed by atoms with Crippen molar-refractivity contribution in [3.05, 3.63) is 81.8 Å². The first-order chi connectivity index (χ1) is 11.6. The zero-order chi connectivity index (χ0) is 17.1. The van der Waals surface area contributed by atoms with Crippen LogP contribution in [-0.4, -0.2) is 12.2 Å². The lowest BCUT2D eigenvalue weighted by Gasteiger charge is -2.13. The molecule has 0 amide bonds. The minimum Gasteiger partial charge on any atom is -0.508 e. The van der Waals surface area contributed by atoms with E-state index in [2.05, 4.69) is 6.07 Å². The van der Waals surface area contributed by atoms with Crippen LogP contribution in [0.5, 0.6) is 11.5 Å². The summed E-state index contributed by atoms with van der Waals surface area (Å²) in [6.07, 6.45) is 0.571. The minimum atomic E-state index is 0.0634. The molecule has 0 heterocycles. The van der Waals surface area contributed by atoms with E-state index in [1.807, 2.05) is 42.5 Å². The van der Waals surface area contributed by atoms with E-state index >= 15 is 0 Å². The maximum atomic E-state index is 9.56. The Morgan fingerprint density at radius 3 is 2.21 bits per heavy atom. The number of hydrogen-bond donors (Lipinski definition) is 1. The average molecular weight is 359 g/mol. The highest BCUT2D eigenvalue weighted by molar-refractivity contribution is 6.36. The van der Waals surface area contributed by atoms with Crippen molar-refractivity contribution in [2.45, 2.75) is 6.42 Å². The summed E-state index contributed by atoms with van der Waals surface area (Å²) in [4.78, 5) is 0. The van der Waals surface area contributed by atoms with Gasteiger partial charge in [-0.1, -0.05) is 59.6 Å². The lowest BCUT2D eigenvalue weighted by atomic mass is 9.98. The maximum absolute atomic E-state index is 9.56. The predicted molar refractivity (Wildman–Crippen MR) is 99.4 cm³/mol. The van der Waals surface area contributed by atoms with Crippen LogP contribution < -0.4 is 4.74 Å². The van der Waals surface area contributed by atoms with Crippen molar-refractivity contribution in [3.63, 3.8) is 0 Å². The molecule has 0 bridgehead atoms. The number of methoxy groups -OCH3 is 1. The quantitative estimate of drug-likeness (QED) is 0.622. The molecule has 1 N–H and O–H groups in total. The molecule has 0 saturated heterocycles. The number of benzene rings is 3. The number of ether oxygens (including phenoxy) is 1. The summed E-state index contributed by atoms with van der Waals surface area (Å²) in [6, 6.07) is 19.1. The van der Waals surface area contributed by atoms with Crippen LogP contribution in [0.15, 0.2) is 60.7 Å². The third-order valence-electron chi connectivity index (χ3n) is 3.86. The molecule has 0 aliphatic carbocycles. The summed E-state index contributed by atoms with van der Waals surface area (Å²) in [5.41, 5.74) is 3.95. The van der Waals surface area contributed by atoms with Crippen LogP contribution in [-0.2, 0) is 6.42 Å². The van der Waals surface area contributed by atoms with Gasteiger partial charge in [0.25, 0.3) is 0 Å². The second-order valence-electron chi connectivity index (χ2n) is 5.47. The Morgan fingerprint density at radius 2 is 1.58 bits per heavy atom. The van der Waals surface area contributed by atoms with Crippen LogP contribution in [0.3, 0.4) is 0 Å². The molecule has 3 rings (SSSR count). The molecule has 0 aliphatic rings. The number of hydrogen-bond acceptors (Lipinski definition) is 2. The van der Waals surface area contributed by atoms with Crippen molar-refractivity contribution >= 4 is 23.2 Å². The summed E-state index contributed by atoms with van der Waals surface area (Å²) in [6.45, 7) is 0. The van der Waals surface area contributed by atoms with Gasteiger partial charge in [-0.05, 0) is 41.0 Å². The Balaban J connectivity index is 2.02. The minimum absolute atomic E-state index is 0.0634. The lowest BCUT2D eigenvalue weighted by Crippen LogP contribution is -1.94. The van der Waals surface area contributed by atoms with E-state index in [9.17, 15) is 5.11 Å². The first kappa shape index (κ1) is 16.7. The van der Waals surface area contributed by atoms with Gasteiger partial charge in [0.05, 0.1) is 7.11 Å². The normalized spacial score (nSPS) is 10.6. The number of halogens is 2. The topological polar surface area (TPSA) is 29.5 Å². The number of phenols is 1. The number of aromatic hydroxyl groups is 1. The van der Waals surface area contributed by atoms with Gasteiger partial charge in [0.15, 0.2) is 0 Å². The maximum Gasteiger partial charge on any atom is 0.126 e. The van der Waals surface area contributed by atoms with E-state index in [1.54, 1.807) is 7.11 Å². The monoisotopic (exact) mass is 358 g/mol. The van der Waals surface area contributed by atoms with E-state index in [-0.39, 0.29) is 5.75 Å². The van der Waals surface area contributed by atoms with Gasteiger partial charge in [0.2, 0.25) is 0 Å². The van der Waals surface area contributed by atoms with Crippen LogP contribution in [0, 0.1) is 0 Å². The Morgan fingerprint density at radius 1 is 0.917 bits per heavy atom. The molecule has 3 aromatic rings. The third-order valence-corrected chi connectivity index (χ3v) is 4.53. The third kappa shape index (κ3) is 3.50. The van der Waals surface area contributed by atoms with Gasteiger partial charge in [-0.3, -0.25) is 0 Å². The van der Waals surface area contributed by atoms with E-state index in [0.29, 0.717) is 16.5 Å². The van der Waals surface area contributed by atoms with Crippen LogP contribution >= 0.6 is 23.2 Å². The predicted octanol–water partition coefficient (Wildman–Crippen LogP) is 5.97. The van der Waals surface area contributed by atoms with Crippen LogP contribution in [0.25, 0.3) is 11.1 Å². The highest BCUT2D eigenvalue weighted by Crippen LogP contribution is 2.34. The molecular formula is C20H16Cl2O2. The van der Waals surface area contributed by atoms with Gasteiger partial charge in [-0.2, -0.15) is 0 Å². The van der Waals surface area contributed by atoms with Crippen molar-refractivity contribution in [2.75, 3.05) is 7.11 Å². The molecule has 3 aromatic carbocycles. The van der Waals surface area contributed by atoms with Gasteiger partial charge in [0.1, 0.15) is 11.5 Å². The van der Waals surface area contributed by atoms with Crippen LogP contribution in [0.2, 0.25) is 10.0 Å². The van der Waals surface area contributed by atoms with Crippen LogP contribution in [0.1, 0.15) is 11.1 Å². The van der Waals surface area contributed by atoms with Gasteiger partial charge in [-0.25, -0.2) is 0 Å². The van der Waals surface area contributed by atoms with Crippen molar-refractivity contribution in [1.82, 2.24) is 0 Å². The van der Waals surface area contributed by atoms with Crippen molar-refractivity contribution in [3.8, 4) is 22.6 Å². The Labute approximate surface area is 151 Å². The molecule has 4 heteroatoms. The first-order valence-electron chi connectivity index (χ1n) is 7.47. The lowest BCUT2D eigenvalue weighted by molar-refractivity contribution is 0.416. The molecule has 0 fully saturated rings. The molecule has 0 aromatic heterocycles. The van der Waals surface area contributed by atoms with E-state index in [0.717, 1.165) is 28.0 Å². The van der Waals surface area contributed by atoms with E-state index in [4.69, 9.17) is 27.9 Å². The summed E-state index contributed by atoms with van der Waals surface area (Å²) < 4.78 is 5.48. The SMILES string of the molecule is COc1ccc(Cc2c(Cl)cc(O)cc2Cl)cc1-c1ccccc1. The fraction of sp³-hybridized carbons (Fsp3) is 0.100. The Kier molecular flexibility index (Phi) is 4.98. The van der Waals surface area contributed by atoms with Crippen molar-refractivity contribution in [2.24, 2.45) is 0 Å². The zero-order valence-corrected chi connectivity index (χ0v) is 14.6. The molecule has 2 nitrogen and oxygen atoms in total. The fourth-order valence-corrected chi connectivity index (χ4v) is 3.28. The molecule has 0 radical (unpaired) electrons. The van der Waals surface area contributed by atoms with Crippen molar-refractivity contribution in [1.29, 1.82) is 0 Å². The molecule has 0 spiro atoms. The van der Waals surface area contributed by atoms with Gasteiger partial charge >= 0.3 is 0 Å². The van der Waals surface area contributed by atoms with Gasteiger partial charge in [-0.15, -0.1) is 0 Å². The van der Waals surface area contributed by atoms with Crippen molar-refractivity contribution < 1.29 is 9.84 Å². The number of phenolic OH excluding ortho intramolecular Hbond substituents is 1. The molecule has 0 saturated carbocycles. The van der Waals surface area contributed by atoms with Crippen LogP contribution in [0.4, 0.5) is 0 Å². The summed E-state index contributed by atoms with van der Waals surface area (Å²) in [7, 11) is 1.66. The molecule has 0 unspecified atom stereocenters. The molecule has 0 atom stereocenters. The highest BCUT2D eigenvalue weighted by Gasteiger charge is 2.12. The molecular weight excluding hydrogens is 343 g/mol. The highest BCUT2D eigenvalue weighted by atomic mass is 35.5. The Hall–Kier alpha value is -2.16. The molecule has 24 heavy (non-hydrogen) atoms. The Bertz CT molecular complexity index is 838. The second-order valence-corrected chi connectivity index (χ2v) is 6.28. The number of rotatable bonds is 4. The smallest absolute Gasteiger partial charge is 0.126 e. The fourth-order valence-electron chi connectivity index (χ4n) is 2.67. The largest absolute Gasteiger partial charge is 0.508 e. The summed E-state index contributed by atoms with van der Waals surface area (Å²) >= 11 is 12.5. The first-order valence-corrected chi connectivity index (χ1v) is 8.23. The summed E-state index contributed by atoms with van der Waals surface area (Å²) in [5, 5.41) is 10.5. The van der Waals surface area contributed by atoms with E-state index < -0.39 is 0 Å². The zero-order valence-electron chi connectivity index (χ0n) is 13.1. The molecule has 0 aliphatic heterocycles. The standard InChI is InChI=1S/C20H16Cl2O2/c1-24-20-8-7-13(9-16(20)14-5-3-2-4-6-14)10-17-18(21)11-15(23)12-19(17)22/h2-9,11-12,23H,10H2,1H3. The summed E-state index contributed by atoms with van der Waals surface area (Å²) in [5.74, 6) is 0.876. The second kappa shape index (κ2) is 7.16. The van der Waals surface area contributed by atoms with Gasteiger partial charge < -0.3 is 9.84 Å².